The zero-order valence-corrected chi connectivity index (χ0v) is 12.0. The molecular formula is C14H18ClNO3. The summed E-state index contributed by atoms with van der Waals surface area (Å²) in [7, 11) is 0. The van der Waals surface area contributed by atoms with E-state index >= 15 is 0 Å². The lowest BCUT2D eigenvalue weighted by Gasteiger charge is -2.21. The van der Waals surface area contributed by atoms with Crippen LogP contribution in [0.4, 0.5) is 4.79 Å². The van der Waals surface area contributed by atoms with Crippen LogP contribution in [0.25, 0.3) is 0 Å². The van der Waals surface area contributed by atoms with Crippen LogP contribution >= 0.6 is 11.6 Å². The first kappa shape index (κ1) is 15.5. The lowest BCUT2D eigenvalue weighted by Crippen LogP contribution is -2.41. The summed E-state index contributed by atoms with van der Waals surface area (Å²) in [6.45, 7) is 5.28. The SMILES string of the molecule is CC(C)(C)OC(=O)NC(C=O)Cc1ccccc1Cl. The summed E-state index contributed by atoms with van der Waals surface area (Å²) in [4.78, 5) is 22.6. The highest BCUT2D eigenvalue weighted by Gasteiger charge is 2.19. The van der Waals surface area contributed by atoms with Gasteiger partial charge in [-0.05, 0) is 32.4 Å². The van der Waals surface area contributed by atoms with Crippen LogP contribution in [0.1, 0.15) is 26.3 Å². The third kappa shape index (κ3) is 5.75. The molecule has 4 nitrogen and oxygen atoms in total. The first-order valence-electron chi connectivity index (χ1n) is 6.00. The minimum atomic E-state index is -0.658. The Labute approximate surface area is 118 Å². The molecule has 0 aliphatic rings. The average molecular weight is 284 g/mol. The van der Waals surface area contributed by atoms with E-state index in [-0.39, 0.29) is 0 Å². The molecule has 1 amide bonds. The summed E-state index contributed by atoms with van der Waals surface area (Å²) in [5.74, 6) is 0. The lowest BCUT2D eigenvalue weighted by molar-refractivity contribution is -0.109. The van der Waals surface area contributed by atoms with E-state index in [9.17, 15) is 9.59 Å². The van der Waals surface area contributed by atoms with Crippen molar-refractivity contribution in [2.75, 3.05) is 0 Å². The summed E-state index contributed by atoms with van der Waals surface area (Å²) in [6, 6.07) is 6.54. The van der Waals surface area contributed by atoms with Crippen LogP contribution in [-0.2, 0) is 16.0 Å². The molecule has 19 heavy (non-hydrogen) atoms. The summed E-state index contributed by atoms with van der Waals surface area (Å²) < 4.78 is 5.10. The zero-order valence-electron chi connectivity index (χ0n) is 11.3. The van der Waals surface area contributed by atoms with Gasteiger partial charge in [0.1, 0.15) is 11.9 Å². The number of halogens is 1. The third-order valence-electron chi connectivity index (χ3n) is 2.26. The number of carbonyl (C=O) groups excluding carboxylic acids is 2. The number of hydrogen-bond acceptors (Lipinski definition) is 3. The molecule has 0 aliphatic carbocycles. The second-order valence-electron chi connectivity index (χ2n) is 5.18. The van der Waals surface area contributed by atoms with Gasteiger partial charge in [0.25, 0.3) is 0 Å². The van der Waals surface area contributed by atoms with E-state index in [0.717, 1.165) is 5.56 Å². The molecule has 0 aliphatic heterocycles. The Morgan fingerprint density at radius 1 is 1.42 bits per heavy atom. The van der Waals surface area contributed by atoms with Crippen LogP contribution in [-0.4, -0.2) is 24.0 Å². The van der Waals surface area contributed by atoms with E-state index in [1.807, 2.05) is 18.2 Å². The van der Waals surface area contributed by atoms with Gasteiger partial charge < -0.3 is 14.8 Å². The van der Waals surface area contributed by atoms with Crippen molar-refractivity contribution in [3.63, 3.8) is 0 Å². The van der Waals surface area contributed by atoms with Gasteiger partial charge in [0, 0.05) is 11.4 Å². The van der Waals surface area contributed by atoms with Crippen molar-refractivity contribution in [1.29, 1.82) is 0 Å². The highest BCUT2D eigenvalue weighted by molar-refractivity contribution is 6.31. The molecule has 1 N–H and O–H groups in total. The fourth-order valence-electron chi connectivity index (χ4n) is 1.49. The maximum atomic E-state index is 11.6. The van der Waals surface area contributed by atoms with E-state index in [0.29, 0.717) is 17.7 Å². The molecule has 0 heterocycles. The average Bonchev–Trinajstić information content (AvgIpc) is 2.28. The van der Waals surface area contributed by atoms with Crippen LogP contribution in [0, 0.1) is 0 Å². The fraction of sp³-hybridized carbons (Fsp3) is 0.429. The number of amides is 1. The number of ether oxygens (including phenoxy) is 1. The van der Waals surface area contributed by atoms with Gasteiger partial charge in [-0.3, -0.25) is 0 Å². The Morgan fingerprint density at radius 3 is 2.58 bits per heavy atom. The number of aldehydes is 1. The topological polar surface area (TPSA) is 55.4 Å². The minimum Gasteiger partial charge on any atom is -0.444 e. The largest absolute Gasteiger partial charge is 0.444 e. The molecule has 1 aromatic rings. The van der Waals surface area contributed by atoms with Crippen LogP contribution in [0.2, 0.25) is 5.02 Å². The monoisotopic (exact) mass is 283 g/mol. The molecule has 0 aromatic heterocycles. The van der Waals surface area contributed by atoms with Crippen molar-refractivity contribution in [2.45, 2.75) is 38.8 Å². The summed E-state index contributed by atoms with van der Waals surface area (Å²) >= 11 is 6.01. The van der Waals surface area contributed by atoms with Gasteiger partial charge in [-0.25, -0.2) is 4.79 Å². The van der Waals surface area contributed by atoms with Gasteiger partial charge in [-0.1, -0.05) is 29.8 Å². The maximum Gasteiger partial charge on any atom is 0.408 e. The summed E-state index contributed by atoms with van der Waals surface area (Å²) in [6.07, 6.45) is 0.395. The van der Waals surface area contributed by atoms with E-state index in [2.05, 4.69) is 5.32 Å². The molecule has 0 radical (unpaired) electrons. The van der Waals surface area contributed by atoms with Crippen molar-refractivity contribution in [1.82, 2.24) is 5.32 Å². The third-order valence-corrected chi connectivity index (χ3v) is 2.63. The Morgan fingerprint density at radius 2 is 2.05 bits per heavy atom. The normalized spacial score (nSPS) is 12.6. The molecule has 0 spiro atoms. The summed E-state index contributed by atoms with van der Waals surface area (Å²) in [5.41, 5.74) is 0.208. The molecule has 0 bridgehead atoms. The standard InChI is InChI=1S/C14H18ClNO3/c1-14(2,3)19-13(18)16-11(9-17)8-10-6-4-5-7-12(10)15/h4-7,9,11H,8H2,1-3H3,(H,16,18). The minimum absolute atomic E-state index is 0.336. The van der Waals surface area contributed by atoms with E-state index in [1.54, 1.807) is 26.8 Å². The Bertz CT molecular complexity index is 454. The van der Waals surface area contributed by atoms with Crippen LogP contribution in [0.3, 0.4) is 0 Å². The van der Waals surface area contributed by atoms with Crippen LogP contribution in [0.5, 0.6) is 0 Å². The summed E-state index contributed by atoms with van der Waals surface area (Å²) in [5, 5.41) is 3.08. The number of benzene rings is 1. The molecule has 5 heteroatoms. The highest BCUT2D eigenvalue weighted by atomic mass is 35.5. The van der Waals surface area contributed by atoms with E-state index in [1.165, 1.54) is 0 Å². The van der Waals surface area contributed by atoms with Crippen molar-refractivity contribution >= 4 is 24.0 Å². The highest BCUT2D eigenvalue weighted by Crippen LogP contribution is 2.16. The van der Waals surface area contributed by atoms with Gasteiger partial charge in [0.2, 0.25) is 0 Å². The smallest absolute Gasteiger partial charge is 0.408 e. The first-order valence-corrected chi connectivity index (χ1v) is 6.38. The molecule has 1 unspecified atom stereocenters. The number of alkyl carbamates (subject to hydrolysis) is 1. The molecule has 0 saturated carbocycles. The number of carbonyl (C=O) groups is 2. The Balaban J connectivity index is 2.62. The van der Waals surface area contributed by atoms with Crippen LogP contribution in [0.15, 0.2) is 24.3 Å². The molecule has 1 atom stereocenters. The second kappa shape index (κ2) is 6.57. The van der Waals surface area contributed by atoms with Gasteiger partial charge in [0.05, 0.1) is 6.04 Å². The quantitative estimate of drug-likeness (QED) is 0.864. The number of nitrogens with one attached hydrogen (secondary N) is 1. The Hall–Kier alpha value is -1.55. The molecule has 104 valence electrons. The number of rotatable bonds is 4. The Kier molecular flexibility index (Phi) is 5.36. The molecule has 1 rings (SSSR count). The van der Waals surface area contributed by atoms with Crippen molar-refractivity contribution < 1.29 is 14.3 Å². The number of hydrogen-bond donors (Lipinski definition) is 1. The molecule has 1 aromatic carbocycles. The van der Waals surface area contributed by atoms with Crippen molar-refractivity contribution in [2.24, 2.45) is 0 Å². The zero-order chi connectivity index (χ0) is 14.5. The second-order valence-corrected chi connectivity index (χ2v) is 5.59. The van der Waals surface area contributed by atoms with E-state index < -0.39 is 17.7 Å². The van der Waals surface area contributed by atoms with Gasteiger partial charge in [-0.15, -0.1) is 0 Å². The first-order chi connectivity index (χ1) is 8.81. The molecule has 0 fully saturated rings. The molecule has 0 saturated heterocycles. The van der Waals surface area contributed by atoms with Gasteiger partial charge in [-0.2, -0.15) is 0 Å². The fourth-order valence-corrected chi connectivity index (χ4v) is 1.71. The predicted molar refractivity (Wildman–Crippen MR) is 74.4 cm³/mol. The van der Waals surface area contributed by atoms with Crippen molar-refractivity contribution in [3.8, 4) is 0 Å². The van der Waals surface area contributed by atoms with E-state index in [4.69, 9.17) is 16.3 Å². The lowest BCUT2D eigenvalue weighted by atomic mass is 10.1. The van der Waals surface area contributed by atoms with Gasteiger partial charge >= 0.3 is 6.09 Å². The van der Waals surface area contributed by atoms with Crippen molar-refractivity contribution in [3.05, 3.63) is 34.9 Å². The maximum absolute atomic E-state index is 11.6. The predicted octanol–water partition coefficient (Wildman–Crippen LogP) is 2.97. The van der Waals surface area contributed by atoms with Crippen LogP contribution < -0.4 is 5.32 Å². The molecular weight excluding hydrogens is 266 g/mol. The van der Waals surface area contributed by atoms with Gasteiger partial charge in [0.15, 0.2) is 0 Å².